The molecule has 0 heterocycles. The number of amides is 1. The number of carbonyl (C=O) groups is 1. The van der Waals surface area contributed by atoms with Gasteiger partial charge in [-0.05, 0) is 38.1 Å². The van der Waals surface area contributed by atoms with Crippen LogP contribution >= 0.6 is 0 Å². The van der Waals surface area contributed by atoms with E-state index < -0.39 is 11.9 Å². The highest BCUT2D eigenvalue weighted by Gasteiger charge is 2.10. The first-order chi connectivity index (χ1) is 10.0. The number of para-hydroxylation sites is 1. The zero-order valence-electron chi connectivity index (χ0n) is 11.8. The molecule has 0 spiro atoms. The Bertz CT molecular complexity index is 614. The van der Waals surface area contributed by atoms with Gasteiger partial charge in [0.1, 0.15) is 17.3 Å². The maximum Gasteiger partial charge on any atom is 0.417 e. The number of hydrogen-bond donors (Lipinski definition) is 1. The zero-order valence-corrected chi connectivity index (χ0v) is 11.8. The van der Waals surface area contributed by atoms with Gasteiger partial charge in [-0.25, -0.2) is 9.18 Å². The maximum absolute atomic E-state index is 13.7. The van der Waals surface area contributed by atoms with Crippen LogP contribution in [0.1, 0.15) is 13.8 Å². The van der Waals surface area contributed by atoms with E-state index >= 15 is 0 Å². The third kappa shape index (κ3) is 4.49. The number of halogens is 1. The van der Waals surface area contributed by atoms with Crippen molar-refractivity contribution in [1.82, 2.24) is 0 Å². The molecule has 0 aromatic heterocycles. The molecule has 5 heteroatoms. The summed E-state index contributed by atoms with van der Waals surface area (Å²) in [5.41, 5.74) is 0.00841. The Balaban J connectivity index is 2.06. The van der Waals surface area contributed by atoms with E-state index in [1.165, 1.54) is 18.2 Å². The molecule has 0 aliphatic heterocycles. The molecule has 0 bridgehead atoms. The fourth-order valence-corrected chi connectivity index (χ4v) is 1.68. The summed E-state index contributed by atoms with van der Waals surface area (Å²) in [5.74, 6) is 0.294. The van der Waals surface area contributed by atoms with E-state index in [0.29, 0.717) is 11.5 Å². The van der Waals surface area contributed by atoms with E-state index in [1.54, 1.807) is 30.3 Å². The Morgan fingerprint density at radius 1 is 1.10 bits per heavy atom. The first-order valence-electron chi connectivity index (χ1n) is 6.54. The van der Waals surface area contributed by atoms with E-state index in [2.05, 4.69) is 5.32 Å². The van der Waals surface area contributed by atoms with Crippen LogP contribution < -0.4 is 14.8 Å². The fourth-order valence-electron chi connectivity index (χ4n) is 1.68. The van der Waals surface area contributed by atoms with E-state index in [-0.39, 0.29) is 11.8 Å². The summed E-state index contributed by atoms with van der Waals surface area (Å²) in [6.45, 7) is 3.72. The summed E-state index contributed by atoms with van der Waals surface area (Å²) in [6, 6.07) is 12.7. The van der Waals surface area contributed by atoms with E-state index in [4.69, 9.17) is 9.47 Å². The summed E-state index contributed by atoms with van der Waals surface area (Å²) in [7, 11) is 0. The average molecular weight is 289 g/mol. The van der Waals surface area contributed by atoms with Gasteiger partial charge in [0, 0.05) is 6.07 Å². The lowest BCUT2D eigenvalue weighted by Gasteiger charge is -2.12. The van der Waals surface area contributed by atoms with Crippen LogP contribution in [0.5, 0.6) is 11.5 Å². The molecule has 0 atom stereocenters. The highest BCUT2D eigenvalue weighted by atomic mass is 19.1. The molecule has 1 N–H and O–H groups in total. The topological polar surface area (TPSA) is 47.6 Å². The Morgan fingerprint density at radius 2 is 1.81 bits per heavy atom. The zero-order chi connectivity index (χ0) is 15.2. The van der Waals surface area contributed by atoms with Crippen molar-refractivity contribution >= 4 is 11.8 Å². The predicted molar refractivity (Wildman–Crippen MR) is 78.3 cm³/mol. The molecule has 1 amide bonds. The second-order valence-electron chi connectivity index (χ2n) is 4.64. The summed E-state index contributed by atoms with van der Waals surface area (Å²) >= 11 is 0. The van der Waals surface area contributed by atoms with Crippen LogP contribution in [0.25, 0.3) is 0 Å². The Morgan fingerprint density at radius 3 is 2.48 bits per heavy atom. The van der Waals surface area contributed by atoms with Crippen LogP contribution in [0.4, 0.5) is 14.9 Å². The number of nitrogens with one attached hydrogen (secondary N) is 1. The molecule has 0 aliphatic carbocycles. The standard InChI is InChI=1S/C16H16FNO3/c1-11(2)20-13-8-9-14(17)15(10-13)18-16(19)21-12-6-4-3-5-7-12/h3-11H,1-2H3,(H,18,19). The Kier molecular flexibility index (Phi) is 4.77. The van der Waals surface area contributed by atoms with Crippen LogP contribution in [-0.2, 0) is 0 Å². The van der Waals surface area contributed by atoms with Crippen LogP contribution in [-0.4, -0.2) is 12.2 Å². The lowest BCUT2D eigenvalue weighted by atomic mass is 10.3. The molecular weight excluding hydrogens is 273 g/mol. The summed E-state index contributed by atoms with van der Waals surface area (Å²) in [5, 5.41) is 2.36. The third-order valence-electron chi connectivity index (χ3n) is 2.50. The van der Waals surface area contributed by atoms with Gasteiger partial charge in [0.25, 0.3) is 0 Å². The van der Waals surface area contributed by atoms with Gasteiger partial charge in [-0.15, -0.1) is 0 Å². The highest BCUT2D eigenvalue weighted by Crippen LogP contribution is 2.22. The van der Waals surface area contributed by atoms with Crippen LogP contribution in [0.15, 0.2) is 48.5 Å². The fraction of sp³-hybridized carbons (Fsp3) is 0.188. The van der Waals surface area contributed by atoms with Gasteiger partial charge in [0.05, 0.1) is 11.8 Å². The minimum Gasteiger partial charge on any atom is -0.491 e. The number of rotatable bonds is 4. The van der Waals surface area contributed by atoms with Crippen molar-refractivity contribution in [2.75, 3.05) is 5.32 Å². The SMILES string of the molecule is CC(C)Oc1ccc(F)c(NC(=O)Oc2ccccc2)c1. The highest BCUT2D eigenvalue weighted by molar-refractivity contribution is 5.86. The van der Waals surface area contributed by atoms with Crippen molar-refractivity contribution in [2.24, 2.45) is 0 Å². The number of benzene rings is 2. The molecule has 0 saturated heterocycles. The van der Waals surface area contributed by atoms with Gasteiger partial charge in [0.2, 0.25) is 0 Å². The molecule has 21 heavy (non-hydrogen) atoms. The van der Waals surface area contributed by atoms with E-state index in [0.717, 1.165) is 0 Å². The summed E-state index contributed by atoms with van der Waals surface area (Å²) < 4.78 is 24.2. The Labute approximate surface area is 122 Å². The molecule has 110 valence electrons. The second-order valence-corrected chi connectivity index (χ2v) is 4.64. The second kappa shape index (κ2) is 6.74. The normalized spacial score (nSPS) is 10.3. The van der Waals surface area contributed by atoms with Crippen molar-refractivity contribution in [3.8, 4) is 11.5 Å². The lowest BCUT2D eigenvalue weighted by molar-refractivity contribution is 0.215. The van der Waals surface area contributed by atoms with Crippen molar-refractivity contribution in [2.45, 2.75) is 20.0 Å². The minimum absolute atomic E-state index is 0.00841. The van der Waals surface area contributed by atoms with Gasteiger partial charge < -0.3 is 9.47 Å². The van der Waals surface area contributed by atoms with E-state index in [1.807, 2.05) is 13.8 Å². The van der Waals surface area contributed by atoms with Crippen LogP contribution in [0, 0.1) is 5.82 Å². The molecule has 0 radical (unpaired) electrons. The molecule has 4 nitrogen and oxygen atoms in total. The van der Waals surface area contributed by atoms with E-state index in [9.17, 15) is 9.18 Å². The summed E-state index contributed by atoms with van der Waals surface area (Å²) in [6.07, 6.45) is -0.804. The minimum atomic E-state index is -0.762. The van der Waals surface area contributed by atoms with Crippen LogP contribution in [0.2, 0.25) is 0 Å². The Hall–Kier alpha value is -2.56. The van der Waals surface area contributed by atoms with Gasteiger partial charge >= 0.3 is 6.09 Å². The molecule has 2 aromatic rings. The molecule has 2 aromatic carbocycles. The van der Waals surface area contributed by atoms with Crippen molar-refractivity contribution in [3.63, 3.8) is 0 Å². The average Bonchev–Trinajstić information content (AvgIpc) is 2.43. The molecule has 0 fully saturated rings. The van der Waals surface area contributed by atoms with Crippen molar-refractivity contribution < 1.29 is 18.7 Å². The van der Waals surface area contributed by atoms with Gasteiger partial charge in [0.15, 0.2) is 0 Å². The van der Waals surface area contributed by atoms with Crippen molar-refractivity contribution in [3.05, 3.63) is 54.3 Å². The largest absolute Gasteiger partial charge is 0.491 e. The van der Waals surface area contributed by atoms with Gasteiger partial charge in [-0.3, -0.25) is 5.32 Å². The molecule has 0 saturated carbocycles. The smallest absolute Gasteiger partial charge is 0.417 e. The molecule has 2 rings (SSSR count). The first kappa shape index (κ1) is 14.8. The predicted octanol–water partition coefficient (Wildman–Crippen LogP) is 4.22. The van der Waals surface area contributed by atoms with Gasteiger partial charge in [-0.2, -0.15) is 0 Å². The maximum atomic E-state index is 13.7. The number of carbonyl (C=O) groups excluding carboxylic acids is 1. The van der Waals surface area contributed by atoms with Crippen LogP contribution in [0.3, 0.4) is 0 Å². The van der Waals surface area contributed by atoms with Gasteiger partial charge in [-0.1, -0.05) is 18.2 Å². The number of ether oxygens (including phenoxy) is 2. The third-order valence-corrected chi connectivity index (χ3v) is 2.50. The number of hydrogen-bond acceptors (Lipinski definition) is 3. The lowest BCUT2D eigenvalue weighted by Crippen LogP contribution is -2.17. The molecular formula is C16H16FNO3. The quantitative estimate of drug-likeness (QED) is 0.916. The molecule has 0 unspecified atom stereocenters. The first-order valence-corrected chi connectivity index (χ1v) is 6.54. The number of anilines is 1. The summed E-state index contributed by atoms with van der Waals surface area (Å²) in [4.78, 5) is 11.7. The van der Waals surface area contributed by atoms with Crippen molar-refractivity contribution in [1.29, 1.82) is 0 Å². The monoisotopic (exact) mass is 289 g/mol. The molecule has 0 aliphatic rings.